The van der Waals surface area contributed by atoms with Gasteiger partial charge in [-0.15, -0.1) is 0 Å². The van der Waals surface area contributed by atoms with Crippen molar-refractivity contribution >= 4 is 16.0 Å². The Labute approximate surface area is 116 Å². The Bertz CT molecular complexity index is 582. The molecular weight excluding hydrogens is 286 g/mol. The first kappa shape index (κ1) is 14.8. The molecule has 8 heteroatoms. The summed E-state index contributed by atoms with van der Waals surface area (Å²) < 4.78 is 35.8. The molecule has 0 spiro atoms. The van der Waals surface area contributed by atoms with Crippen molar-refractivity contribution in [3.05, 3.63) is 24.3 Å². The Hall–Kier alpha value is -1.64. The van der Waals surface area contributed by atoms with Gasteiger partial charge in [0.05, 0.1) is 25.2 Å². The molecule has 2 rings (SSSR count). The number of phenols is 1. The number of methoxy groups -OCH3 is 1. The van der Waals surface area contributed by atoms with E-state index in [-0.39, 0.29) is 30.4 Å². The van der Waals surface area contributed by atoms with Gasteiger partial charge in [-0.25, -0.2) is 8.42 Å². The number of rotatable bonds is 3. The lowest BCUT2D eigenvalue weighted by molar-refractivity contribution is -0.149. The third kappa shape index (κ3) is 2.77. The van der Waals surface area contributed by atoms with Crippen molar-refractivity contribution < 1.29 is 27.8 Å². The van der Waals surface area contributed by atoms with Gasteiger partial charge in [-0.2, -0.15) is 4.31 Å². The monoisotopic (exact) mass is 301 g/mol. The van der Waals surface area contributed by atoms with Crippen LogP contribution in [-0.2, 0) is 24.3 Å². The SMILES string of the molecule is COC(=O)C1COCCN1S(=O)(=O)c1ccc(O)cc1. The van der Waals surface area contributed by atoms with Crippen LogP contribution < -0.4 is 0 Å². The highest BCUT2D eigenvalue weighted by Gasteiger charge is 2.38. The molecule has 1 fully saturated rings. The van der Waals surface area contributed by atoms with E-state index in [0.717, 1.165) is 4.31 Å². The molecule has 1 saturated heterocycles. The molecule has 110 valence electrons. The Morgan fingerprint density at radius 1 is 1.40 bits per heavy atom. The maximum atomic E-state index is 12.5. The van der Waals surface area contributed by atoms with Crippen LogP contribution in [0.1, 0.15) is 0 Å². The number of benzene rings is 1. The summed E-state index contributed by atoms with van der Waals surface area (Å²) in [5.41, 5.74) is 0. The van der Waals surface area contributed by atoms with Gasteiger partial charge in [0.2, 0.25) is 10.0 Å². The summed E-state index contributed by atoms with van der Waals surface area (Å²) in [5, 5.41) is 9.21. The first-order valence-electron chi connectivity index (χ1n) is 5.93. The van der Waals surface area contributed by atoms with E-state index >= 15 is 0 Å². The zero-order valence-electron chi connectivity index (χ0n) is 10.9. The molecule has 0 amide bonds. The minimum atomic E-state index is -3.84. The molecule has 1 N–H and O–H groups in total. The van der Waals surface area contributed by atoms with Gasteiger partial charge in [0.1, 0.15) is 11.8 Å². The van der Waals surface area contributed by atoms with Gasteiger partial charge in [0.25, 0.3) is 0 Å². The van der Waals surface area contributed by atoms with Crippen LogP contribution in [0.5, 0.6) is 5.75 Å². The van der Waals surface area contributed by atoms with E-state index < -0.39 is 22.0 Å². The van der Waals surface area contributed by atoms with E-state index in [2.05, 4.69) is 4.74 Å². The van der Waals surface area contributed by atoms with Crippen molar-refractivity contribution in [1.29, 1.82) is 0 Å². The molecule has 20 heavy (non-hydrogen) atoms. The number of sulfonamides is 1. The summed E-state index contributed by atoms with van der Waals surface area (Å²) in [5.74, 6) is -0.692. The molecule has 0 aromatic heterocycles. The van der Waals surface area contributed by atoms with Crippen LogP contribution >= 0.6 is 0 Å². The summed E-state index contributed by atoms with van der Waals surface area (Å²) >= 11 is 0. The number of aromatic hydroxyl groups is 1. The second kappa shape index (κ2) is 5.78. The van der Waals surface area contributed by atoms with E-state index in [1.54, 1.807) is 0 Å². The first-order chi connectivity index (χ1) is 9.46. The van der Waals surface area contributed by atoms with Gasteiger partial charge in [-0.1, -0.05) is 0 Å². The quantitative estimate of drug-likeness (QED) is 0.787. The summed E-state index contributed by atoms with van der Waals surface area (Å²) in [6, 6.07) is 4.14. The number of morpholine rings is 1. The zero-order valence-corrected chi connectivity index (χ0v) is 11.7. The van der Waals surface area contributed by atoms with E-state index in [1.165, 1.54) is 31.4 Å². The number of hydrogen-bond donors (Lipinski definition) is 1. The maximum absolute atomic E-state index is 12.5. The lowest BCUT2D eigenvalue weighted by Gasteiger charge is -2.32. The van der Waals surface area contributed by atoms with Crippen LogP contribution in [0.2, 0.25) is 0 Å². The maximum Gasteiger partial charge on any atom is 0.326 e. The highest BCUT2D eigenvalue weighted by atomic mass is 32.2. The normalized spacial score (nSPS) is 20.6. The number of nitrogens with zero attached hydrogens (tertiary/aromatic N) is 1. The standard InChI is InChI=1S/C12H15NO6S/c1-18-12(15)11-8-19-7-6-13(11)20(16,17)10-4-2-9(14)3-5-10/h2-5,11,14H,6-8H2,1H3. The first-order valence-corrected chi connectivity index (χ1v) is 7.37. The summed E-state index contributed by atoms with van der Waals surface area (Å²) in [6.45, 7) is 0.248. The average molecular weight is 301 g/mol. The van der Waals surface area contributed by atoms with Gasteiger partial charge in [-0.05, 0) is 24.3 Å². The van der Waals surface area contributed by atoms with Crippen LogP contribution in [0.15, 0.2) is 29.2 Å². The van der Waals surface area contributed by atoms with E-state index in [0.29, 0.717) is 0 Å². The molecule has 0 radical (unpaired) electrons. The van der Waals surface area contributed by atoms with Gasteiger partial charge in [-0.3, -0.25) is 4.79 Å². The van der Waals surface area contributed by atoms with Crippen LogP contribution in [0, 0.1) is 0 Å². The molecule has 1 atom stereocenters. The number of hydrogen-bond acceptors (Lipinski definition) is 6. The highest BCUT2D eigenvalue weighted by molar-refractivity contribution is 7.89. The van der Waals surface area contributed by atoms with Crippen molar-refractivity contribution in [3.8, 4) is 5.75 Å². The van der Waals surface area contributed by atoms with Crippen molar-refractivity contribution in [2.24, 2.45) is 0 Å². The molecule has 0 bridgehead atoms. The molecule has 0 aliphatic carbocycles. The van der Waals surface area contributed by atoms with Crippen molar-refractivity contribution in [2.45, 2.75) is 10.9 Å². The van der Waals surface area contributed by atoms with E-state index in [9.17, 15) is 18.3 Å². The topological polar surface area (TPSA) is 93.1 Å². The average Bonchev–Trinajstić information content (AvgIpc) is 2.47. The molecule has 1 heterocycles. The van der Waals surface area contributed by atoms with Gasteiger partial charge in [0.15, 0.2) is 0 Å². The molecular formula is C12H15NO6S. The predicted molar refractivity (Wildman–Crippen MR) is 68.6 cm³/mol. The van der Waals surface area contributed by atoms with Crippen LogP contribution in [-0.4, -0.2) is 56.7 Å². The number of ether oxygens (including phenoxy) is 2. The summed E-state index contributed by atoms with van der Waals surface area (Å²) in [6.07, 6.45) is 0. The molecule has 1 aliphatic rings. The minimum Gasteiger partial charge on any atom is -0.508 e. The Balaban J connectivity index is 2.35. The van der Waals surface area contributed by atoms with Gasteiger partial charge >= 0.3 is 5.97 Å². The number of phenolic OH excluding ortho intramolecular Hbond substituents is 1. The predicted octanol–water partition coefficient (Wildman–Crippen LogP) is -0.0453. The second-order valence-corrected chi connectivity index (χ2v) is 6.11. The smallest absolute Gasteiger partial charge is 0.326 e. The Kier molecular flexibility index (Phi) is 4.26. The molecule has 1 aromatic carbocycles. The second-order valence-electron chi connectivity index (χ2n) is 4.22. The van der Waals surface area contributed by atoms with Crippen molar-refractivity contribution in [2.75, 3.05) is 26.9 Å². The van der Waals surface area contributed by atoms with Gasteiger partial charge in [0, 0.05) is 6.54 Å². The lowest BCUT2D eigenvalue weighted by Crippen LogP contribution is -2.52. The zero-order chi connectivity index (χ0) is 14.8. The van der Waals surface area contributed by atoms with Crippen LogP contribution in [0.25, 0.3) is 0 Å². The third-order valence-electron chi connectivity index (χ3n) is 3.00. The number of esters is 1. The largest absolute Gasteiger partial charge is 0.508 e. The number of carbonyl (C=O) groups excluding carboxylic acids is 1. The lowest BCUT2D eigenvalue weighted by atomic mass is 10.3. The molecule has 1 aromatic rings. The molecule has 0 saturated carbocycles. The fourth-order valence-electron chi connectivity index (χ4n) is 1.95. The fourth-order valence-corrected chi connectivity index (χ4v) is 3.50. The van der Waals surface area contributed by atoms with Crippen molar-refractivity contribution in [1.82, 2.24) is 4.31 Å². The van der Waals surface area contributed by atoms with Crippen molar-refractivity contribution in [3.63, 3.8) is 0 Å². The van der Waals surface area contributed by atoms with Gasteiger partial charge < -0.3 is 14.6 Å². The summed E-state index contributed by atoms with van der Waals surface area (Å²) in [4.78, 5) is 11.7. The van der Waals surface area contributed by atoms with E-state index in [1.807, 2.05) is 0 Å². The summed E-state index contributed by atoms with van der Waals surface area (Å²) in [7, 11) is -2.64. The van der Waals surface area contributed by atoms with E-state index in [4.69, 9.17) is 4.74 Å². The Morgan fingerprint density at radius 3 is 2.65 bits per heavy atom. The highest BCUT2D eigenvalue weighted by Crippen LogP contribution is 2.22. The number of carbonyl (C=O) groups is 1. The third-order valence-corrected chi connectivity index (χ3v) is 4.92. The molecule has 1 unspecified atom stereocenters. The fraction of sp³-hybridized carbons (Fsp3) is 0.417. The van der Waals surface area contributed by atoms with Crippen LogP contribution in [0.3, 0.4) is 0 Å². The minimum absolute atomic E-state index is 0.00565. The van der Waals surface area contributed by atoms with Crippen LogP contribution in [0.4, 0.5) is 0 Å². The molecule has 1 aliphatic heterocycles. The Morgan fingerprint density at radius 2 is 2.05 bits per heavy atom. The molecule has 7 nitrogen and oxygen atoms in total.